The first-order valence-corrected chi connectivity index (χ1v) is 11.1. The molecule has 0 N–H and O–H groups in total. The lowest BCUT2D eigenvalue weighted by Gasteiger charge is -2.25. The number of hydrogen-bond acceptors (Lipinski definition) is 7. The molecule has 3 aromatic heterocycles. The highest BCUT2D eigenvalue weighted by atomic mass is 19.4. The molecule has 0 spiro atoms. The Morgan fingerprint density at radius 2 is 1.89 bits per heavy atom. The quantitative estimate of drug-likeness (QED) is 0.360. The fraction of sp³-hybridized carbons (Fsp3) is 0.320. The van der Waals surface area contributed by atoms with E-state index in [1.165, 1.54) is 10.5 Å². The molecule has 0 fully saturated rings. The molecule has 0 radical (unpaired) electrons. The van der Waals surface area contributed by atoms with Gasteiger partial charge in [-0.25, -0.2) is 9.38 Å². The van der Waals surface area contributed by atoms with E-state index >= 15 is 0 Å². The Balaban J connectivity index is 1.75. The van der Waals surface area contributed by atoms with Crippen molar-refractivity contribution in [3.05, 3.63) is 53.0 Å². The van der Waals surface area contributed by atoms with Crippen molar-refractivity contribution in [1.82, 2.24) is 24.6 Å². The van der Waals surface area contributed by atoms with Gasteiger partial charge in [-0.15, -0.1) is 10.2 Å². The molecule has 4 aromatic rings. The molecule has 1 aliphatic heterocycles. The van der Waals surface area contributed by atoms with Crippen molar-refractivity contribution < 1.29 is 17.9 Å². The second kappa shape index (κ2) is 8.47. The number of halogens is 3. The Hall–Kier alpha value is -4.22. The van der Waals surface area contributed by atoms with Crippen LogP contribution in [0.25, 0.3) is 16.8 Å². The van der Waals surface area contributed by atoms with Crippen LogP contribution in [0.15, 0.2) is 30.3 Å². The number of benzene rings is 1. The molecule has 11 heteroatoms. The second-order valence-corrected chi connectivity index (χ2v) is 8.88. The summed E-state index contributed by atoms with van der Waals surface area (Å²) in [7, 11) is 0. The number of pyridine rings is 1. The van der Waals surface area contributed by atoms with E-state index < -0.39 is 17.3 Å². The van der Waals surface area contributed by atoms with Crippen LogP contribution in [0, 0.1) is 35.5 Å². The van der Waals surface area contributed by atoms with Crippen LogP contribution in [-0.4, -0.2) is 37.7 Å². The van der Waals surface area contributed by atoms with E-state index in [9.17, 15) is 18.4 Å². The van der Waals surface area contributed by atoms with E-state index in [1.807, 2.05) is 23.1 Å². The summed E-state index contributed by atoms with van der Waals surface area (Å²) in [6.45, 7) is 6.12. The minimum absolute atomic E-state index is 0.0609. The molecule has 0 amide bonds. The Kier molecular flexibility index (Phi) is 5.53. The molecule has 0 atom stereocenters. The smallest absolute Gasteiger partial charge is 0.375 e. The van der Waals surface area contributed by atoms with Crippen molar-refractivity contribution >= 4 is 28.3 Å². The number of hydrogen-bond donors (Lipinski definition) is 0. The first-order valence-electron chi connectivity index (χ1n) is 11.1. The Labute approximate surface area is 204 Å². The Bertz CT molecular complexity index is 1610. The summed E-state index contributed by atoms with van der Waals surface area (Å²) in [5.41, 5.74) is 0.463. The van der Waals surface area contributed by atoms with Crippen LogP contribution >= 0.6 is 0 Å². The minimum Gasteiger partial charge on any atom is -0.375 e. The average Bonchev–Trinajstić information content (AvgIpc) is 3.08. The standard InChI is InChI=1S/C25H20F3N7O/c1-15-32-33-23-31-21(17-7-8-20(25(26,27)28)30-22(17)35(15)23)34-11-12-36-13-18-16(5-4-6-19(18)34)9-10-24(2,3)14-29/h4-8H,11-13H2,1-3H3. The van der Waals surface area contributed by atoms with Crippen molar-refractivity contribution in [2.45, 2.75) is 33.6 Å². The van der Waals surface area contributed by atoms with Gasteiger partial charge in [0.05, 0.1) is 24.7 Å². The fourth-order valence-corrected chi connectivity index (χ4v) is 4.00. The maximum atomic E-state index is 13.5. The fourth-order valence-electron chi connectivity index (χ4n) is 4.00. The highest BCUT2D eigenvalue weighted by Gasteiger charge is 2.34. The van der Waals surface area contributed by atoms with Gasteiger partial charge in [0.15, 0.2) is 5.65 Å². The summed E-state index contributed by atoms with van der Waals surface area (Å²) >= 11 is 0. The van der Waals surface area contributed by atoms with Gasteiger partial charge in [-0.1, -0.05) is 17.9 Å². The first kappa shape index (κ1) is 23.5. The third-order valence-corrected chi connectivity index (χ3v) is 5.82. The van der Waals surface area contributed by atoms with Crippen LogP contribution in [0.3, 0.4) is 0 Å². The number of rotatable bonds is 1. The molecule has 1 aliphatic rings. The number of nitrogens with zero attached hydrogens (tertiary/aromatic N) is 7. The summed E-state index contributed by atoms with van der Waals surface area (Å²) < 4.78 is 47.7. The average molecular weight is 491 g/mol. The molecule has 0 bridgehead atoms. The molecular formula is C25H20F3N7O. The molecule has 5 rings (SSSR count). The van der Waals surface area contributed by atoms with Gasteiger partial charge in [-0.3, -0.25) is 0 Å². The molecule has 36 heavy (non-hydrogen) atoms. The lowest BCUT2D eigenvalue weighted by molar-refractivity contribution is -0.141. The zero-order chi connectivity index (χ0) is 25.7. The normalized spacial score (nSPS) is 14.2. The van der Waals surface area contributed by atoms with Gasteiger partial charge in [0.2, 0.25) is 0 Å². The third kappa shape index (κ3) is 4.08. The number of alkyl halides is 3. The zero-order valence-electron chi connectivity index (χ0n) is 19.7. The number of fused-ring (bicyclic) bond motifs is 4. The predicted octanol–water partition coefficient (Wildman–Crippen LogP) is 4.57. The van der Waals surface area contributed by atoms with Gasteiger partial charge < -0.3 is 9.64 Å². The van der Waals surface area contributed by atoms with E-state index in [4.69, 9.17) is 4.74 Å². The van der Waals surface area contributed by atoms with E-state index in [-0.39, 0.29) is 18.0 Å². The summed E-state index contributed by atoms with van der Waals surface area (Å²) in [5.74, 6) is 6.98. The largest absolute Gasteiger partial charge is 0.433 e. The Morgan fingerprint density at radius 3 is 2.64 bits per heavy atom. The zero-order valence-corrected chi connectivity index (χ0v) is 19.7. The van der Waals surface area contributed by atoms with Crippen LogP contribution in [0.5, 0.6) is 0 Å². The van der Waals surface area contributed by atoms with Crippen molar-refractivity contribution in [2.75, 3.05) is 18.1 Å². The highest BCUT2D eigenvalue weighted by molar-refractivity contribution is 5.92. The summed E-state index contributed by atoms with van der Waals surface area (Å²) in [6, 6.07) is 10.0. The lowest BCUT2D eigenvalue weighted by atomic mass is 9.95. The van der Waals surface area contributed by atoms with Crippen molar-refractivity contribution in [1.29, 1.82) is 5.26 Å². The molecule has 8 nitrogen and oxygen atoms in total. The van der Waals surface area contributed by atoms with Crippen LogP contribution in [0.2, 0.25) is 0 Å². The van der Waals surface area contributed by atoms with E-state index in [2.05, 4.69) is 38.1 Å². The molecule has 182 valence electrons. The summed E-state index contributed by atoms with van der Waals surface area (Å²) in [4.78, 5) is 10.5. The van der Waals surface area contributed by atoms with Gasteiger partial charge >= 0.3 is 6.18 Å². The maximum absolute atomic E-state index is 13.5. The second-order valence-electron chi connectivity index (χ2n) is 8.88. The van der Waals surface area contributed by atoms with Gasteiger partial charge in [0.1, 0.15) is 22.8 Å². The molecule has 4 heterocycles. The molecule has 0 unspecified atom stereocenters. The molecular weight excluding hydrogens is 471 g/mol. The van der Waals surface area contributed by atoms with E-state index in [1.54, 1.807) is 20.8 Å². The first-order chi connectivity index (χ1) is 17.1. The van der Waals surface area contributed by atoms with Crippen LogP contribution in [-0.2, 0) is 17.5 Å². The SMILES string of the molecule is Cc1nnc2nc(N3CCOCc4c(C#CC(C)(C)C#N)cccc43)c3ccc(C(F)(F)F)nc3n12. The molecule has 1 aromatic carbocycles. The number of anilines is 2. The van der Waals surface area contributed by atoms with E-state index in [0.29, 0.717) is 35.7 Å². The van der Waals surface area contributed by atoms with Crippen molar-refractivity contribution in [2.24, 2.45) is 5.41 Å². The number of aromatic nitrogens is 5. The third-order valence-electron chi connectivity index (χ3n) is 5.82. The Morgan fingerprint density at radius 1 is 1.08 bits per heavy atom. The molecule has 0 aliphatic carbocycles. The monoisotopic (exact) mass is 491 g/mol. The van der Waals surface area contributed by atoms with Crippen molar-refractivity contribution in [3.8, 4) is 17.9 Å². The number of aryl methyl sites for hydroxylation is 1. The van der Waals surface area contributed by atoms with Crippen molar-refractivity contribution in [3.63, 3.8) is 0 Å². The van der Waals surface area contributed by atoms with Gasteiger partial charge in [-0.2, -0.15) is 23.4 Å². The van der Waals surface area contributed by atoms with Gasteiger partial charge in [-0.05, 0) is 45.0 Å². The lowest BCUT2D eigenvalue weighted by Crippen LogP contribution is -2.23. The summed E-state index contributed by atoms with van der Waals surface area (Å²) in [6.07, 6.45) is -4.61. The number of nitriles is 1. The molecule has 0 saturated heterocycles. The van der Waals surface area contributed by atoms with Crippen LogP contribution in [0.1, 0.15) is 36.5 Å². The highest BCUT2D eigenvalue weighted by Crippen LogP contribution is 2.37. The van der Waals surface area contributed by atoms with Crippen LogP contribution in [0.4, 0.5) is 24.7 Å². The van der Waals surface area contributed by atoms with Gasteiger partial charge in [0, 0.05) is 23.4 Å². The predicted molar refractivity (Wildman–Crippen MR) is 125 cm³/mol. The minimum atomic E-state index is -4.61. The maximum Gasteiger partial charge on any atom is 0.433 e. The van der Waals surface area contributed by atoms with E-state index in [0.717, 1.165) is 17.3 Å². The molecule has 0 saturated carbocycles. The van der Waals surface area contributed by atoms with Crippen LogP contribution < -0.4 is 4.90 Å². The van der Waals surface area contributed by atoms with Gasteiger partial charge in [0.25, 0.3) is 5.78 Å². The summed E-state index contributed by atoms with van der Waals surface area (Å²) in [5, 5.41) is 17.8. The topological polar surface area (TPSA) is 92.2 Å². The number of ether oxygens (including phenoxy) is 1.